The van der Waals surface area contributed by atoms with E-state index >= 15 is 0 Å². The standard InChI is InChI=1S/C15H17Br2ClN2O/c1-4-12-14(17)13(20(3)19-12)8-21-15-9(2)5-11(16)6-10(15)7-18/h5-6H,4,7-8H2,1-3H3. The van der Waals surface area contributed by atoms with Gasteiger partial charge in [0.1, 0.15) is 12.4 Å². The van der Waals surface area contributed by atoms with Crippen LogP contribution in [0.25, 0.3) is 0 Å². The summed E-state index contributed by atoms with van der Waals surface area (Å²) in [6.07, 6.45) is 0.888. The summed E-state index contributed by atoms with van der Waals surface area (Å²) in [5, 5.41) is 4.48. The first-order chi connectivity index (χ1) is 9.97. The molecule has 114 valence electrons. The van der Waals surface area contributed by atoms with Crippen LogP contribution in [-0.4, -0.2) is 9.78 Å². The summed E-state index contributed by atoms with van der Waals surface area (Å²) in [6.45, 7) is 4.56. The van der Waals surface area contributed by atoms with Gasteiger partial charge in [0, 0.05) is 17.1 Å². The molecule has 0 bridgehead atoms. The van der Waals surface area contributed by atoms with Crippen LogP contribution in [0.4, 0.5) is 0 Å². The van der Waals surface area contributed by atoms with Crippen LogP contribution in [0.2, 0.25) is 0 Å². The fourth-order valence-corrected chi connectivity index (χ4v) is 3.77. The lowest BCUT2D eigenvalue weighted by Crippen LogP contribution is -2.05. The second kappa shape index (κ2) is 7.16. The van der Waals surface area contributed by atoms with Crippen molar-refractivity contribution in [1.82, 2.24) is 9.78 Å². The number of hydrogen-bond donors (Lipinski definition) is 0. The minimum Gasteiger partial charge on any atom is -0.487 e. The van der Waals surface area contributed by atoms with E-state index in [9.17, 15) is 0 Å². The molecule has 1 aromatic heterocycles. The highest BCUT2D eigenvalue weighted by molar-refractivity contribution is 9.10. The molecule has 2 rings (SSSR count). The molecule has 0 saturated heterocycles. The quantitative estimate of drug-likeness (QED) is 0.608. The minimum atomic E-state index is 0.419. The fraction of sp³-hybridized carbons (Fsp3) is 0.400. The van der Waals surface area contributed by atoms with Crippen molar-refractivity contribution < 1.29 is 4.74 Å². The molecular weight excluding hydrogens is 419 g/mol. The Hall–Kier alpha value is -0.520. The highest BCUT2D eigenvalue weighted by atomic mass is 79.9. The van der Waals surface area contributed by atoms with Gasteiger partial charge in [0.15, 0.2) is 0 Å². The molecule has 1 aromatic carbocycles. The fourth-order valence-electron chi connectivity index (χ4n) is 2.22. The average molecular weight is 437 g/mol. The summed E-state index contributed by atoms with van der Waals surface area (Å²) in [6, 6.07) is 4.02. The molecule has 6 heteroatoms. The monoisotopic (exact) mass is 434 g/mol. The summed E-state index contributed by atoms with van der Waals surface area (Å²) in [5.74, 6) is 1.27. The second-order valence-electron chi connectivity index (χ2n) is 4.82. The molecule has 0 aliphatic carbocycles. The van der Waals surface area contributed by atoms with Gasteiger partial charge in [0.25, 0.3) is 0 Å². The summed E-state index contributed by atoms with van der Waals surface area (Å²) in [4.78, 5) is 0. The zero-order valence-electron chi connectivity index (χ0n) is 12.2. The molecule has 2 aromatic rings. The topological polar surface area (TPSA) is 27.1 Å². The molecule has 3 nitrogen and oxygen atoms in total. The molecule has 0 aliphatic rings. The number of rotatable bonds is 5. The number of alkyl halides is 1. The Morgan fingerprint density at radius 3 is 2.62 bits per heavy atom. The van der Waals surface area contributed by atoms with E-state index in [0.717, 1.165) is 43.6 Å². The lowest BCUT2D eigenvalue weighted by Gasteiger charge is -2.14. The van der Waals surface area contributed by atoms with Gasteiger partial charge in [0.2, 0.25) is 0 Å². The molecule has 1 heterocycles. The second-order valence-corrected chi connectivity index (χ2v) is 6.79. The molecule has 0 spiro atoms. The Kier molecular flexibility index (Phi) is 5.74. The third-order valence-corrected chi connectivity index (χ3v) is 4.98. The Morgan fingerprint density at radius 1 is 1.33 bits per heavy atom. The molecule has 0 amide bonds. The number of benzene rings is 1. The maximum absolute atomic E-state index is 6.02. The van der Waals surface area contributed by atoms with Crippen molar-refractivity contribution in [3.63, 3.8) is 0 Å². The van der Waals surface area contributed by atoms with Crippen molar-refractivity contribution in [2.75, 3.05) is 0 Å². The number of nitrogens with zero attached hydrogens (tertiary/aromatic N) is 2. The molecule has 21 heavy (non-hydrogen) atoms. The van der Waals surface area contributed by atoms with Crippen molar-refractivity contribution in [3.8, 4) is 5.75 Å². The van der Waals surface area contributed by atoms with Crippen molar-refractivity contribution in [2.45, 2.75) is 32.8 Å². The molecule has 0 fully saturated rings. The predicted octanol–water partition coefficient (Wildman–Crippen LogP) is 5.13. The summed E-state index contributed by atoms with van der Waals surface area (Å²) < 4.78 is 9.92. The van der Waals surface area contributed by atoms with E-state index in [0.29, 0.717) is 12.5 Å². The van der Waals surface area contributed by atoms with Gasteiger partial charge >= 0.3 is 0 Å². The van der Waals surface area contributed by atoms with E-state index in [1.165, 1.54) is 0 Å². The first-order valence-corrected chi connectivity index (χ1v) is 8.78. The maximum atomic E-state index is 6.02. The Morgan fingerprint density at radius 2 is 2.05 bits per heavy atom. The Labute approximate surface area is 146 Å². The van der Waals surface area contributed by atoms with E-state index < -0.39 is 0 Å². The molecule has 0 N–H and O–H groups in total. The van der Waals surface area contributed by atoms with Crippen LogP contribution >= 0.6 is 43.5 Å². The van der Waals surface area contributed by atoms with Crippen molar-refractivity contribution >= 4 is 43.5 Å². The van der Waals surface area contributed by atoms with E-state index in [-0.39, 0.29) is 0 Å². The summed E-state index contributed by atoms with van der Waals surface area (Å²) >= 11 is 13.1. The first-order valence-electron chi connectivity index (χ1n) is 6.65. The zero-order valence-corrected chi connectivity index (χ0v) is 16.1. The molecular formula is C15H17Br2ClN2O. The van der Waals surface area contributed by atoms with Gasteiger partial charge in [-0.2, -0.15) is 5.10 Å². The molecule has 0 unspecified atom stereocenters. The number of aryl methyl sites for hydroxylation is 3. The number of aromatic nitrogens is 2. The smallest absolute Gasteiger partial charge is 0.131 e. The number of ether oxygens (including phenoxy) is 1. The summed E-state index contributed by atoms with van der Waals surface area (Å²) in [5.41, 5.74) is 4.11. The lowest BCUT2D eigenvalue weighted by molar-refractivity contribution is 0.290. The minimum absolute atomic E-state index is 0.419. The van der Waals surface area contributed by atoms with Crippen molar-refractivity contribution in [2.24, 2.45) is 7.05 Å². The van der Waals surface area contributed by atoms with Gasteiger partial charge < -0.3 is 4.74 Å². The third kappa shape index (κ3) is 3.63. The largest absolute Gasteiger partial charge is 0.487 e. The molecule has 0 saturated carbocycles. The van der Waals surface area contributed by atoms with Gasteiger partial charge in [-0.05, 0) is 47.0 Å². The maximum Gasteiger partial charge on any atom is 0.131 e. The lowest BCUT2D eigenvalue weighted by atomic mass is 10.1. The van der Waals surface area contributed by atoms with Crippen molar-refractivity contribution in [3.05, 3.63) is 43.6 Å². The van der Waals surface area contributed by atoms with E-state index in [1.54, 1.807) is 0 Å². The van der Waals surface area contributed by atoms with Crippen LogP contribution < -0.4 is 4.74 Å². The van der Waals surface area contributed by atoms with E-state index in [2.05, 4.69) is 43.9 Å². The van der Waals surface area contributed by atoms with Gasteiger partial charge in [-0.25, -0.2) is 0 Å². The Bertz CT molecular complexity index is 656. The van der Waals surface area contributed by atoms with Crippen LogP contribution in [0.5, 0.6) is 5.75 Å². The normalized spacial score (nSPS) is 11.0. The highest BCUT2D eigenvalue weighted by Gasteiger charge is 2.15. The van der Waals surface area contributed by atoms with Crippen LogP contribution in [-0.2, 0) is 26.0 Å². The SMILES string of the molecule is CCc1nn(C)c(COc2c(C)cc(Br)cc2CCl)c1Br. The van der Waals surface area contributed by atoms with E-state index in [4.69, 9.17) is 16.3 Å². The first kappa shape index (κ1) is 16.8. The van der Waals surface area contributed by atoms with Gasteiger partial charge in [-0.15, -0.1) is 11.6 Å². The van der Waals surface area contributed by atoms with Gasteiger partial charge in [-0.3, -0.25) is 4.68 Å². The molecule has 0 atom stereocenters. The average Bonchev–Trinajstić information content (AvgIpc) is 2.72. The van der Waals surface area contributed by atoms with Crippen LogP contribution in [0.3, 0.4) is 0 Å². The van der Waals surface area contributed by atoms with Gasteiger partial charge in [-0.1, -0.05) is 22.9 Å². The van der Waals surface area contributed by atoms with Crippen LogP contribution in [0.1, 0.15) is 29.4 Å². The third-order valence-electron chi connectivity index (χ3n) is 3.32. The zero-order chi connectivity index (χ0) is 15.6. The highest BCUT2D eigenvalue weighted by Crippen LogP contribution is 2.31. The number of hydrogen-bond acceptors (Lipinski definition) is 2. The van der Waals surface area contributed by atoms with Crippen LogP contribution in [0, 0.1) is 6.92 Å². The molecule has 0 radical (unpaired) electrons. The van der Waals surface area contributed by atoms with Crippen LogP contribution in [0.15, 0.2) is 21.1 Å². The van der Waals surface area contributed by atoms with Gasteiger partial charge in [0.05, 0.1) is 21.7 Å². The predicted molar refractivity (Wildman–Crippen MR) is 93.1 cm³/mol. The molecule has 0 aliphatic heterocycles. The van der Waals surface area contributed by atoms with Crippen molar-refractivity contribution in [1.29, 1.82) is 0 Å². The van der Waals surface area contributed by atoms with E-state index in [1.807, 2.05) is 30.8 Å². The Balaban J connectivity index is 2.27. The summed E-state index contributed by atoms with van der Waals surface area (Å²) in [7, 11) is 1.93. The number of halogens is 3.